The predicted molar refractivity (Wildman–Crippen MR) is 81.1 cm³/mol. The number of hydrogen-bond acceptors (Lipinski definition) is 5. The molecule has 0 fully saturated rings. The topological polar surface area (TPSA) is 116 Å². The number of carbonyl (C=O) groups excluding carboxylic acids is 2. The van der Waals surface area contributed by atoms with Crippen LogP contribution in [0, 0.1) is 5.41 Å². The van der Waals surface area contributed by atoms with E-state index in [1.807, 2.05) is 6.92 Å². The number of nitrogens with one attached hydrogen (secondary N) is 2. The predicted octanol–water partition coefficient (Wildman–Crippen LogP) is -0.211. The molecule has 0 saturated heterocycles. The van der Waals surface area contributed by atoms with E-state index in [0.29, 0.717) is 6.42 Å². The maximum atomic E-state index is 11.7. The van der Waals surface area contributed by atoms with Gasteiger partial charge in [0.25, 0.3) is 0 Å². The quantitative estimate of drug-likeness (QED) is 0.377. The molecule has 0 heterocycles. The number of rotatable bonds is 9. The fraction of sp³-hybridized carbons (Fsp3) is 0.769. The van der Waals surface area contributed by atoms with Crippen LogP contribution >= 0.6 is 12.6 Å². The zero-order chi connectivity index (χ0) is 16.6. The summed E-state index contributed by atoms with van der Waals surface area (Å²) >= 11 is 3.82. The van der Waals surface area contributed by atoms with E-state index >= 15 is 0 Å². The highest BCUT2D eigenvalue weighted by Crippen LogP contribution is 2.24. The van der Waals surface area contributed by atoms with Crippen LogP contribution in [0.1, 0.15) is 33.6 Å². The normalized spacial score (nSPS) is 14.1. The summed E-state index contributed by atoms with van der Waals surface area (Å²) < 4.78 is 0. The van der Waals surface area contributed by atoms with E-state index in [0.717, 1.165) is 0 Å². The molecule has 8 heteroatoms. The lowest BCUT2D eigenvalue weighted by molar-refractivity contribution is -0.141. The van der Waals surface area contributed by atoms with Gasteiger partial charge in [-0.1, -0.05) is 20.8 Å². The molecule has 122 valence electrons. The van der Waals surface area contributed by atoms with Gasteiger partial charge in [0, 0.05) is 18.7 Å². The van der Waals surface area contributed by atoms with Crippen molar-refractivity contribution in [1.82, 2.24) is 10.6 Å². The lowest BCUT2D eigenvalue weighted by Crippen LogP contribution is -2.46. The summed E-state index contributed by atoms with van der Waals surface area (Å²) in [7, 11) is 0. The summed E-state index contributed by atoms with van der Waals surface area (Å²) in [5, 5.41) is 23.4. The number of aliphatic hydroxyl groups excluding tert-OH is 1. The number of hydrogen-bond donors (Lipinski definition) is 5. The molecule has 0 aromatic rings. The van der Waals surface area contributed by atoms with Crippen LogP contribution < -0.4 is 10.6 Å². The molecule has 7 nitrogen and oxygen atoms in total. The first kappa shape index (κ1) is 19.7. The Kier molecular flexibility index (Phi) is 8.34. The number of aliphatic hydroxyl groups is 1. The van der Waals surface area contributed by atoms with Crippen molar-refractivity contribution in [1.29, 1.82) is 0 Å². The second kappa shape index (κ2) is 8.89. The number of amides is 2. The van der Waals surface area contributed by atoms with E-state index in [2.05, 4.69) is 23.3 Å². The molecule has 1 unspecified atom stereocenters. The third kappa shape index (κ3) is 6.81. The van der Waals surface area contributed by atoms with Crippen LogP contribution in [0.3, 0.4) is 0 Å². The monoisotopic (exact) mass is 320 g/mol. The van der Waals surface area contributed by atoms with Gasteiger partial charge in [-0.15, -0.1) is 0 Å². The zero-order valence-corrected chi connectivity index (χ0v) is 13.4. The Morgan fingerprint density at radius 2 is 1.86 bits per heavy atom. The van der Waals surface area contributed by atoms with Crippen molar-refractivity contribution in [2.45, 2.75) is 45.8 Å². The molecule has 4 N–H and O–H groups in total. The van der Waals surface area contributed by atoms with E-state index in [-0.39, 0.29) is 18.7 Å². The number of carboxylic acids is 1. The molecule has 0 aliphatic heterocycles. The van der Waals surface area contributed by atoms with Gasteiger partial charge in [0.05, 0.1) is 0 Å². The Labute approximate surface area is 129 Å². The van der Waals surface area contributed by atoms with Crippen molar-refractivity contribution in [2.75, 3.05) is 12.3 Å². The molecule has 0 rings (SSSR count). The smallest absolute Gasteiger partial charge is 0.327 e. The van der Waals surface area contributed by atoms with E-state index in [1.165, 1.54) is 0 Å². The second-order valence-electron chi connectivity index (χ2n) is 5.43. The Balaban J connectivity index is 4.17. The van der Waals surface area contributed by atoms with Crippen molar-refractivity contribution < 1.29 is 24.6 Å². The molecule has 0 aromatic heterocycles. The van der Waals surface area contributed by atoms with Gasteiger partial charge in [-0.25, -0.2) is 4.79 Å². The minimum absolute atomic E-state index is 0.0170. The SMILES string of the molecule is CCC(C)(C)[C@@H](O)C(=O)NCCC(=O)NC(CS)C(=O)O. The molecule has 2 amide bonds. The Morgan fingerprint density at radius 1 is 1.29 bits per heavy atom. The fourth-order valence-corrected chi connectivity index (χ4v) is 1.64. The molecule has 0 aliphatic carbocycles. The number of aliphatic carboxylic acids is 1. The molecule has 0 saturated carbocycles. The van der Waals surface area contributed by atoms with Gasteiger partial charge in [-0.2, -0.15) is 12.6 Å². The Morgan fingerprint density at radius 3 is 2.29 bits per heavy atom. The van der Waals surface area contributed by atoms with Crippen LogP contribution in [0.15, 0.2) is 0 Å². The number of thiol groups is 1. The maximum absolute atomic E-state index is 11.7. The zero-order valence-electron chi connectivity index (χ0n) is 12.5. The fourth-order valence-electron chi connectivity index (χ4n) is 1.40. The van der Waals surface area contributed by atoms with Crippen molar-refractivity contribution in [2.24, 2.45) is 5.41 Å². The standard InChI is InChI=1S/C13H24N2O5S/c1-4-13(2,3)10(17)11(18)14-6-5-9(16)15-8(7-21)12(19)20/h8,10,17,21H,4-7H2,1-3H3,(H,14,18)(H,15,16)(H,19,20)/t8?,10-/m0/s1. The third-order valence-electron chi connectivity index (χ3n) is 3.37. The minimum atomic E-state index is -1.16. The number of carbonyl (C=O) groups is 3. The van der Waals surface area contributed by atoms with Crippen LogP contribution in [0.2, 0.25) is 0 Å². The summed E-state index contributed by atoms with van der Waals surface area (Å²) in [5.41, 5.74) is -0.549. The van der Waals surface area contributed by atoms with E-state index in [4.69, 9.17) is 5.11 Å². The van der Waals surface area contributed by atoms with Gasteiger partial charge >= 0.3 is 5.97 Å². The first-order valence-corrected chi connectivity index (χ1v) is 7.37. The summed E-state index contributed by atoms with van der Waals surface area (Å²) in [5.74, 6) is -2.22. The van der Waals surface area contributed by atoms with E-state index in [1.54, 1.807) is 13.8 Å². The van der Waals surface area contributed by atoms with Crippen LogP contribution in [0.5, 0.6) is 0 Å². The molecule has 0 bridgehead atoms. The first-order chi connectivity index (χ1) is 9.65. The minimum Gasteiger partial charge on any atom is -0.480 e. The van der Waals surface area contributed by atoms with Crippen molar-refractivity contribution in [3.05, 3.63) is 0 Å². The second-order valence-corrected chi connectivity index (χ2v) is 5.79. The van der Waals surface area contributed by atoms with Gasteiger partial charge in [0.15, 0.2) is 0 Å². The van der Waals surface area contributed by atoms with E-state index < -0.39 is 35.3 Å². The molecule has 0 spiro atoms. The summed E-state index contributed by atoms with van der Waals surface area (Å²) in [6.07, 6.45) is -0.595. The highest BCUT2D eigenvalue weighted by Gasteiger charge is 2.31. The Bertz CT molecular complexity index is 387. The molecule has 2 atom stereocenters. The van der Waals surface area contributed by atoms with Crippen LogP contribution in [-0.2, 0) is 14.4 Å². The Hall–Kier alpha value is -1.28. The van der Waals surface area contributed by atoms with Gasteiger partial charge < -0.3 is 20.8 Å². The van der Waals surface area contributed by atoms with Gasteiger partial charge in [0.2, 0.25) is 11.8 Å². The lowest BCUT2D eigenvalue weighted by Gasteiger charge is -2.28. The van der Waals surface area contributed by atoms with Crippen molar-refractivity contribution in [3.8, 4) is 0 Å². The van der Waals surface area contributed by atoms with Crippen LogP contribution in [0.4, 0.5) is 0 Å². The van der Waals surface area contributed by atoms with Gasteiger partial charge in [0.1, 0.15) is 12.1 Å². The maximum Gasteiger partial charge on any atom is 0.327 e. The highest BCUT2D eigenvalue weighted by atomic mass is 32.1. The van der Waals surface area contributed by atoms with Crippen LogP contribution in [0.25, 0.3) is 0 Å². The largest absolute Gasteiger partial charge is 0.480 e. The van der Waals surface area contributed by atoms with Crippen LogP contribution in [-0.4, -0.2) is 52.4 Å². The highest BCUT2D eigenvalue weighted by molar-refractivity contribution is 7.80. The molecular weight excluding hydrogens is 296 g/mol. The summed E-state index contributed by atoms with van der Waals surface area (Å²) in [6.45, 7) is 5.44. The molecule has 0 aromatic carbocycles. The van der Waals surface area contributed by atoms with E-state index in [9.17, 15) is 19.5 Å². The molecule has 0 aliphatic rings. The summed E-state index contributed by atoms with van der Waals surface area (Å²) in [4.78, 5) is 33.9. The van der Waals surface area contributed by atoms with Gasteiger partial charge in [-0.05, 0) is 11.8 Å². The summed E-state index contributed by atoms with van der Waals surface area (Å²) in [6, 6.07) is -1.05. The van der Waals surface area contributed by atoms with Crippen molar-refractivity contribution in [3.63, 3.8) is 0 Å². The van der Waals surface area contributed by atoms with Crippen molar-refractivity contribution >= 4 is 30.4 Å². The lowest BCUT2D eigenvalue weighted by atomic mass is 9.83. The van der Waals surface area contributed by atoms with Gasteiger partial charge in [-0.3, -0.25) is 9.59 Å². The number of carboxylic acid groups (broad SMARTS) is 1. The molecular formula is C13H24N2O5S. The molecule has 21 heavy (non-hydrogen) atoms. The average molecular weight is 320 g/mol. The molecule has 0 radical (unpaired) electrons. The third-order valence-corrected chi connectivity index (χ3v) is 3.73. The average Bonchev–Trinajstić information content (AvgIpc) is 2.43. The first-order valence-electron chi connectivity index (χ1n) is 6.74.